The van der Waals surface area contributed by atoms with E-state index in [2.05, 4.69) is 26.8 Å². The second kappa shape index (κ2) is 7.46. The quantitative estimate of drug-likeness (QED) is 0.771. The molecular formula is C13H22N4S. The number of hydrogen-bond acceptors (Lipinski definition) is 4. The van der Waals surface area contributed by atoms with Gasteiger partial charge in [-0.25, -0.2) is 4.98 Å². The van der Waals surface area contributed by atoms with E-state index in [0.717, 1.165) is 24.8 Å². The number of imidazole rings is 1. The van der Waals surface area contributed by atoms with Crippen LogP contribution in [0.1, 0.15) is 32.6 Å². The van der Waals surface area contributed by atoms with E-state index in [4.69, 9.17) is 0 Å². The lowest BCUT2D eigenvalue weighted by Gasteiger charge is -2.08. The lowest BCUT2D eigenvalue weighted by Crippen LogP contribution is -2.21. The monoisotopic (exact) mass is 266 g/mol. The molecule has 5 heteroatoms. The Balaban J connectivity index is 1.51. The van der Waals surface area contributed by atoms with Crippen molar-refractivity contribution in [1.29, 1.82) is 0 Å². The maximum atomic E-state index is 4.54. The van der Waals surface area contributed by atoms with Gasteiger partial charge in [-0.05, 0) is 19.3 Å². The molecule has 0 saturated heterocycles. The average Bonchev–Trinajstić information content (AvgIpc) is 3.01. The van der Waals surface area contributed by atoms with Crippen molar-refractivity contribution < 1.29 is 0 Å². The van der Waals surface area contributed by atoms with Crippen molar-refractivity contribution in [3.05, 3.63) is 18.7 Å². The van der Waals surface area contributed by atoms with Crippen LogP contribution in [0.15, 0.2) is 23.7 Å². The first kappa shape index (κ1) is 13.5. The summed E-state index contributed by atoms with van der Waals surface area (Å²) in [6.07, 6.45) is 10.6. The molecule has 18 heavy (non-hydrogen) atoms. The maximum Gasteiger partial charge on any atom is 0.156 e. The van der Waals surface area contributed by atoms with Crippen molar-refractivity contribution in [3.63, 3.8) is 0 Å². The van der Waals surface area contributed by atoms with Gasteiger partial charge in [-0.1, -0.05) is 25.1 Å². The number of nitrogens with one attached hydrogen (secondary N) is 1. The number of thioether (sulfide) groups is 1. The molecule has 4 nitrogen and oxygen atoms in total. The zero-order valence-corrected chi connectivity index (χ0v) is 11.8. The van der Waals surface area contributed by atoms with E-state index in [9.17, 15) is 0 Å². The Bertz CT molecular complexity index is 361. The fourth-order valence-corrected chi connectivity index (χ4v) is 3.17. The van der Waals surface area contributed by atoms with E-state index >= 15 is 0 Å². The number of unbranched alkanes of at least 4 members (excludes halogenated alkanes) is 1. The average molecular weight is 266 g/mol. The predicted octanol–water partition coefficient (Wildman–Crippen LogP) is 2.52. The summed E-state index contributed by atoms with van der Waals surface area (Å²) in [7, 11) is 0. The predicted molar refractivity (Wildman–Crippen MR) is 78.1 cm³/mol. The summed E-state index contributed by atoms with van der Waals surface area (Å²) >= 11 is 1.91. The summed E-state index contributed by atoms with van der Waals surface area (Å²) in [4.78, 5) is 8.57. The zero-order valence-electron chi connectivity index (χ0n) is 11.0. The standard InChI is InChI=1S/C13H22N4S/c1-2-5-12-10-16-13(18-12)15-6-3-4-8-17-9-7-14-11-17/h7,9,11-12H,2-6,8,10H2,1H3,(H,15,16). The lowest BCUT2D eigenvalue weighted by molar-refractivity contribution is 0.603. The first-order valence-corrected chi connectivity index (χ1v) is 7.67. The van der Waals surface area contributed by atoms with Crippen LogP contribution >= 0.6 is 11.8 Å². The van der Waals surface area contributed by atoms with Gasteiger partial charge in [-0.2, -0.15) is 0 Å². The third-order valence-corrected chi connectivity index (χ3v) is 4.22. The molecule has 2 rings (SSSR count). The molecule has 1 aliphatic heterocycles. The Morgan fingerprint density at radius 2 is 2.44 bits per heavy atom. The van der Waals surface area contributed by atoms with Crippen molar-refractivity contribution >= 4 is 16.9 Å². The van der Waals surface area contributed by atoms with Crippen LogP contribution in [0.25, 0.3) is 0 Å². The number of hydrogen-bond donors (Lipinski definition) is 1. The molecule has 0 fully saturated rings. The molecule has 1 aliphatic rings. The van der Waals surface area contributed by atoms with Gasteiger partial charge < -0.3 is 9.88 Å². The van der Waals surface area contributed by atoms with E-state index in [0.29, 0.717) is 5.25 Å². The van der Waals surface area contributed by atoms with Crippen LogP contribution in [-0.2, 0) is 6.54 Å². The SMILES string of the molecule is CCCC1CN=C(NCCCCn2ccnc2)S1. The van der Waals surface area contributed by atoms with E-state index in [1.165, 1.54) is 25.7 Å². The third kappa shape index (κ3) is 4.37. The fraction of sp³-hybridized carbons (Fsp3) is 0.692. The highest BCUT2D eigenvalue weighted by Crippen LogP contribution is 2.23. The van der Waals surface area contributed by atoms with Gasteiger partial charge in [-0.15, -0.1) is 0 Å². The minimum Gasteiger partial charge on any atom is -0.365 e. The molecule has 0 radical (unpaired) electrons. The number of amidine groups is 1. The molecule has 0 bridgehead atoms. The minimum atomic E-state index is 0.712. The number of aliphatic imine (C=N–C) groups is 1. The smallest absolute Gasteiger partial charge is 0.156 e. The molecule has 0 aromatic carbocycles. The first-order valence-electron chi connectivity index (χ1n) is 6.79. The van der Waals surface area contributed by atoms with Gasteiger partial charge in [0.05, 0.1) is 12.9 Å². The molecule has 1 atom stereocenters. The molecule has 100 valence electrons. The number of nitrogens with zero attached hydrogens (tertiary/aromatic N) is 3. The van der Waals surface area contributed by atoms with Crippen LogP contribution in [0.2, 0.25) is 0 Å². The molecule has 0 amide bonds. The van der Waals surface area contributed by atoms with Gasteiger partial charge in [0.2, 0.25) is 0 Å². The fourth-order valence-electron chi connectivity index (χ4n) is 2.02. The molecule has 1 aromatic rings. The van der Waals surface area contributed by atoms with Gasteiger partial charge in [0, 0.05) is 30.7 Å². The molecule has 2 heterocycles. The minimum absolute atomic E-state index is 0.712. The van der Waals surface area contributed by atoms with Crippen LogP contribution in [0, 0.1) is 0 Å². The Morgan fingerprint density at radius 3 is 3.22 bits per heavy atom. The van der Waals surface area contributed by atoms with Crippen LogP contribution < -0.4 is 5.32 Å². The number of rotatable bonds is 7. The second-order valence-corrected chi connectivity index (χ2v) is 5.90. The largest absolute Gasteiger partial charge is 0.365 e. The van der Waals surface area contributed by atoms with Crippen molar-refractivity contribution in [3.8, 4) is 0 Å². The van der Waals surface area contributed by atoms with Crippen LogP contribution in [-0.4, -0.2) is 33.1 Å². The molecule has 0 spiro atoms. The Kier molecular flexibility index (Phi) is 5.58. The Hall–Kier alpha value is -0.970. The van der Waals surface area contributed by atoms with Crippen LogP contribution in [0.4, 0.5) is 0 Å². The topological polar surface area (TPSA) is 42.2 Å². The summed E-state index contributed by atoms with van der Waals surface area (Å²) in [6.45, 7) is 5.32. The molecule has 1 aromatic heterocycles. The van der Waals surface area contributed by atoms with Crippen LogP contribution in [0.5, 0.6) is 0 Å². The lowest BCUT2D eigenvalue weighted by atomic mass is 10.2. The van der Waals surface area contributed by atoms with E-state index < -0.39 is 0 Å². The highest BCUT2D eigenvalue weighted by Gasteiger charge is 2.17. The third-order valence-electron chi connectivity index (χ3n) is 3.01. The second-order valence-electron chi connectivity index (χ2n) is 4.61. The summed E-state index contributed by atoms with van der Waals surface area (Å²) in [5, 5.41) is 5.30. The molecule has 1 unspecified atom stereocenters. The number of aryl methyl sites for hydroxylation is 1. The molecule has 0 aliphatic carbocycles. The Morgan fingerprint density at radius 1 is 1.50 bits per heavy atom. The van der Waals surface area contributed by atoms with Crippen molar-refractivity contribution in [1.82, 2.24) is 14.9 Å². The van der Waals surface area contributed by atoms with Crippen molar-refractivity contribution in [2.24, 2.45) is 4.99 Å². The van der Waals surface area contributed by atoms with Gasteiger partial charge in [-0.3, -0.25) is 4.99 Å². The van der Waals surface area contributed by atoms with Gasteiger partial charge in [0.1, 0.15) is 0 Å². The first-order chi connectivity index (χ1) is 8.88. The normalized spacial score (nSPS) is 18.9. The summed E-state index contributed by atoms with van der Waals surface area (Å²) in [5.74, 6) is 0. The van der Waals surface area contributed by atoms with Crippen LogP contribution in [0.3, 0.4) is 0 Å². The molecule has 1 N–H and O–H groups in total. The zero-order chi connectivity index (χ0) is 12.6. The molecular weight excluding hydrogens is 244 g/mol. The number of aromatic nitrogens is 2. The van der Waals surface area contributed by atoms with E-state index in [-0.39, 0.29) is 0 Å². The molecule has 0 saturated carbocycles. The maximum absolute atomic E-state index is 4.54. The van der Waals surface area contributed by atoms with E-state index in [1.54, 1.807) is 0 Å². The summed E-state index contributed by atoms with van der Waals surface area (Å²) in [5.41, 5.74) is 0. The van der Waals surface area contributed by atoms with E-state index in [1.807, 2.05) is 30.5 Å². The van der Waals surface area contributed by atoms with Crippen molar-refractivity contribution in [2.75, 3.05) is 13.1 Å². The van der Waals surface area contributed by atoms with Gasteiger partial charge in [0.25, 0.3) is 0 Å². The highest BCUT2D eigenvalue weighted by molar-refractivity contribution is 8.14. The summed E-state index contributed by atoms with van der Waals surface area (Å²) < 4.78 is 2.12. The summed E-state index contributed by atoms with van der Waals surface area (Å²) in [6, 6.07) is 0. The van der Waals surface area contributed by atoms with Gasteiger partial charge in [0.15, 0.2) is 5.17 Å². The Labute approximate surface area is 113 Å². The highest BCUT2D eigenvalue weighted by atomic mass is 32.2. The van der Waals surface area contributed by atoms with Crippen molar-refractivity contribution in [2.45, 2.75) is 44.4 Å². The van der Waals surface area contributed by atoms with Gasteiger partial charge >= 0.3 is 0 Å².